The fourth-order valence-corrected chi connectivity index (χ4v) is 2.53. The summed E-state index contributed by atoms with van der Waals surface area (Å²) < 4.78 is 8.46. The Balaban J connectivity index is 2.33. The zero-order valence-electron chi connectivity index (χ0n) is 11.0. The van der Waals surface area contributed by atoms with E-state index in [4.69, 9.17) is 16.7 Å². The number of fused-ring (bicyclic) bond motifs is 2. The minimum atomic E-state index is 0.725. The molecule has 0 unspecified atom stereocenters. The number of hydrogen-bond donors (Lipinski definition) is 0. The SMILES string of the molecule is CCCCc1cc2c(=S)cc3ncnc-3c=2on1C. The lowest BCUT2D eigenvalue weighted by atomic mass is 10.1. The van der Waals surface area contributed by atoms with Gasteiger partial charge in [-0.15, -0.1) is 0 Å². The molecule has 2 aliphatic heterocycles. The summed E-state index contributed by atoms with van der Waals surface area (Å²) in [6.45, 7) is 2.18. The van der Waals surface area contributed by atoms with E-state index >= 15 is 0 Å². The van der Waals surface area contributed by atoms with Crippen molar-refractivity contribution in [3.05, 3.63) is 39.3 Å². The molecule has 0 aromatic carbocycles. The highest BCUT2D eigenvalue weighted by Crippen LogP contribution is 2.21. The summed E-state index contributed by atoms with van der Waals surface area (Å²) in [6, 6.07) is 4.00. The molecule has 98 valence electrons. The molecule has 0 bridgehead atoms. The molecule has 19 heavy (non-hydrogen) atoms. The highest BCUT2D eigenvalue weighted by atomic mass is 32.1. The van der Waals surface area contributed by atoms with Crippen LogP contribution < -0.4 is 0 Å². The first-order chi connectivity index (χ1) is 9.20. The van der Waals surface area contributed by atoms with Crippen molar-refractivity contribution in [1.82, 2.24) is 14.7 Å². The predicted octanol–water partition coefficient (Wildman–Crippen LogP) is 3.31. The molecule has 0 fully saturated rings. The normalized spacial score (nSPS) is 11.5. The number of nitrogens with zero attached hydrogens (tertiary/aromatic N) is 3. The molecular weight excluding hydrogens is 258 g/mol. The lowest BCUT2D eigenvalue weighted by Crippen LogP contribution is -2.03. The summed E-state index contributed by atoms with van der Waals surface area (Å²) in [7, 11) is 1.92. The topological polar surface area (TPSA) is 43.9 Å². The van der Waals surface area contributed by atoms with E-state index in [1.54, 1.807) is 11.1 Å². The van der Waals surface area contributed by atoms with Crippen molar-refractivity contribution in [3.8, 4) is 11.4 Å². The second-order valence-electron chi connectivity index (χ2n) is 4.69. The Labute approximate surface area is 116 Å². The molecule has 3 aliphatic rings. The van der Waals surface area contributed by atoms with Gasteiger partial charge in [0.15, 0.2) is 5.42 Å². The van der Waals surface area contributed by atoms with Crippen molar-refractivity contribution in [2.24, 2.45) is 7.05 Å². The summed E-state index contributed by atoms with van der Waals surface area (Å²) >= 11 is 5.43. The standard InChI is InChI=1S/C14H15N3OS/c1-3-4-5-9-6-10-12(19)7-11-13(16-8-15-11)14(10)18-17(9)2/h6-8H,3-5H2,1-2H3. The van der Waals surface area contributed by atoms with Crippen LogP contribution in [-0.4, -0.2) is 14.7 Å². The Bertz CT molecular complexity index is 805. The van der Waals surface area contributed by atoms with Crippen molar-refractivity contribution in [2.75, 3.05) is 0 Å². The van der Waals surface area contributed by atoms with Gasteiger partial charge in [0.2, 0.25) is 0 Å². The molecule has 0 aromatic heterocycles. The first-order valence-corrected chi connectivity index (χ1v) is 6.85. The number of unbranched alkanes of at least 4 members (excludes halogenated alkanes) is 1. The number of hydrogen-bond acceptors (Lipinski definition) is 4. The molecule has 5 heteroatoms. The average molecular weight is 273 g/mol. The molecule has 0 amide bonds. The van der Waals surface area contributed by atoms with Crippen LogP contribution in [0.15, 0.2) is 23.0 Å². The van der Waals surface area contributed by atoms with E-state index < -0.39 is 0 Å². The van der Waals surface area contributed by atoms with E-state index in [9.17, 15) is 0 Å². The number of rotatable bonds is 3. The Morgan fingerprint density at radius 2 is 2.16 bits per heavy atom. The van der Waals surface area contributed by atoms with Crippen molar-refractivity contribution < 1.29 is 4.52 Å². The lowest BCUT2D eigenvalue weighted by Gasteiger charge is -2.09. The fourth-order valence-electron chi connectivity index (χ4n) is 2.27. The minimum Gasteiger partial charge on any atom is -0.377 e. The zero-order chi connectivity index (χ0) is 13.4. The monoisotopic (exact) mass is 273 g/mol. The van der Waals surface area contributed by atoms with Gasteiger partial charge in [-0.3, -0.25) is 0 Å². The van der Waals surface area contributed by atoms with Crippen molar-refractivity contribution in [2.45, 2.75) is 26.2 Å². The lowest BCUT2D eigenvalue weighted by molar-refractivity contribution is 0.258. The van der Waals surface area contributed by atoms with Gasteiger partial charge in [0.25, 0.3) is 0 Å². The van der Waals surface area contributed by atoms with Gasteiger partial charge in [-0.2, -0.15) is 0 Å². The summed E-state index contributed by atoms with van der Waals surface area (Å²) in [5.41, 5.74) is 3.45. The van der Waals surface area contributed by atoms with E-state index in [1.165, 1.54) is 0 Å². The molecule has 0 aromatic rings. The Morgan fingerprint density at radius 1 is 1.32 bits per heavy atom. The van der Waals surface area contributed by atoms with Crippen LogP contribution in [0.1, 0.15) is 25.5 Å². The minimum absolute atomic E-state index is 0.725. The second kappa shape index (κ2) is 4.74. The molecule has 2 heterocycles. The third-order valence-electron chi connectivity index (χ3n) is 3.35. The van der Waals surface area contributed by atoms with Crippen LogP contribution in [0.25, 0.3) is 11.4 Å². The maximum absolute atomic E-state index is 5.89. The van der Waals surface area contributed by atoms with Gasteiger partial charge in [0, 0.05) is 12.3 Å². The van der Waals surface area contributed by atoms with Crippen LogP contribution >= 0.6 is 12.2 Å². The Hall–Kier alpha value is -1.75. The summed E-state index contributed by atoms with van der Waals surface area (Å²) in [5, 5.41) is 0.951. The molecule has 0 saturated heterocycles. The Kier molecular flexibility index (Phi) is 3.06. The van der Waals surface area contributed by atoms with E-state index in [-0.39, 0.29) is 0 Å². The number of imidazole rings is 1. The molecule has 0 spiro atoms. The maximum Gasteiger partial charge on any atom is 0.191 e. The van der Waals surface area contributed by atoms with E-state index in [0.29, 0.717) is 0 Å². The van der Waals surface area contributed by atoms with Crippen molar-refractivity contribution >= 4 is 12.2 Å². The van der Waals surface area contributed by atoms with E-state index in [0.717, 1.165) is 51.5 Å². The number of aromatic nitrogens is 3. The van der Waals surface area contributed by atoms with Gasteiger partial charge in [-0.25, -0.2) is 14.7 Å². The van der Waals surface area contributed by atoms with Crippen LogP contribution in [0.3, 0.4) is 0 Å². The van der Waals surface area contributed by atoms with Crippen molar-refractivity contribution in [1.29, 1.82) is 0 Å². The van der Waals surface area contributed by atoms with Gasteiger partial charge in [-0.1, -0.05) is 25.6 Å². The molecule has 3 rings (SSSR count). The summed E-state index contributed by atoms with van der Waals surface area (Å²) in [6.07, 6.45) is 4.83. The van der Waals surface area contributed by atoms with Gasteiger partial charge in [-0.05, 0) is 25.0 Å². The summed E-state index contributed by atoms with van der Waals surface area (Å²) in [5.74, 6) is 0. The molecular formula is C14H15N3OS. The van der Waals surface area contributed by atoms with Crippen molar-refractivity contribution in [3.63, 3.8) is 0 Å². The third-order valence-corrected chi connectivity index (χ3v) is 3.69. The first-order valence-electron chi connectivity index (χ1n) is 6.44. The summed E-state index contributed by atoms with van der Waals surface area (Å²) in [4.78, 5) is 8.44. The first kappa shape index (κ1) is 12.3. The average Bonchev–Trinajstić information content (AvgIpc) is 2.85. The molecule has 0 N–H and O–H groups in total. The maximum atomic E-state index is 5.89. The number of aryl methyl sites for hydroxylation is 2. The van der Waals surface area contributed by atoms with Crippen LogP contribution in [0.4, 0.5) is 0 Å². The third kappa shape index (κ3) is 2.04. The second-order valence-corrected chi connectivity index (χ2v) is 5.13. The molecule has 1 aliphatic carbocycles. The molecule has 4 nitrogen and oxygen atoms in total. The van der Waals surface area contributed by atoms with Gasteiger partial charge >= 0.3 is 0 Å². The van der Waals surface area contributed by atoms with Gasteiger partial charge in [0.1, 0.15) is 12.0 Å². The smallest absolute Gasteiger partial charge is 0.191 e. The van der Waals surface area contributed by atoms with Crippen LogP contribution in [0.5, 0.6) is 0 Å². The fraction of sp³-hybridized carbons (Fsp3) is 0.357. The van der Waals surface area contributed by atoms with Gasteiger partial charge in [0.05, 0.1) is 15.9 Å². The van der Waals surface area contributed by atoms with Crippen LogP contribution in [0, 0.1) is 15.1 Å². The highest BCUT2D eigenvalue weighted by molar-refractivity contribution is 7.71. The molecule has 0 atom stereocenters. The highest BCUT2D eigenvalue weighted by Gasteiger charge is 2.13. The van der Waals surface area contributed by atoms with E-state index in [2.05, 4.69) is 23.0 Å². The predicted molar refractivity (Wildman–Crippen MR) is 74.6 cm³/mol. The quantitative estimate of drug-likeness (QED) is 0.687. The van der Waals surface area contributed by atoms with E-state index in [1.807, 2.05) is 13.1 Å². The Morgan fingerprint density at radius 3 is 2.95 bits per heavy atom. The van der Waals surface area contributed by atoms with Crippen LogP contribution in [-0.2, 0) is 13.5 Å². The zero-order valence-corrected chi connectivity index (χ0v) is 11.8. The largest absolute Gasteiger partial charge is 0.377 e. The van der Waals surface area contributed by atoms with Gasteiger partial charge < -0.3 is 4.52 Å². The molecule has 0 radical (unpaired) electrons. The molecule has 0 saturated carbocycles. The van der Waals surface area contributed by atoms with Crippen LogP contribution in [0.2, 0.25) is 0 Å².